The molecule has 0 atom stereocenters. The Morgan fingerprint density at radius 3 is 2.85 bits per heavy atom. The second kappa shape index (κ2) is 6.17. The van der Waals surface area contributed by atoms with E-state index in [2.05, 4.69) is 10.3 Å². The molecule has 0 radical (unpaired) electrons. The number of methoxy groups -OCH3 is 1. The number of aryl methyl sites for hydroxylation is 1. The molecule has 1 aromatic heterocycles. The van der Waals surface area contributed by atoms with Crippen molar-refractivity contribution in [3.63, 3.8) is 0 Å². The summed E-state index contributed by atoms with van der Waals surface area (Å²) in [6.45, 7) is 0.549. The smallest absolute Gasteiger partial charge is 0.293 e. The summed E-state index contributed by atoms with van der Waals surface area (Å²) in [5.74, 6) is -0.00783. The minimum Gasteiger partial charge on any atom is -0.385 e. The van der Waals surface area contributed by atoms with Crippen molar-refractivity contribution in [3.8, 4) is 0 Å². The highest BCUT2D eigenvalue weighted by atomic mass is 16.5. The Balaban J connectivity index is 2.16. The summed E-state index contributed by atoms with van der Waals surface area (Å²) < 4.78 is 6.51. The van der Waals surface area contributed by atoms with Crippen molar-refractivity contribution in [1.29, 1.82) is 0 Å². The Morgan fingerprint density at radius 1 is 1.50 bits per heavy atom. The van der Waals surface area contributed by atoms with E-state index in [1.165, 1.54) is 10.8 Å². The maximum atomic E-state index is 12.6. The molecule has 1 heterocycles. The summed E-state index contributed by atoms with van der Waals surface area (Å²) >= 11 is 0. The van der Waals surface area contributed by atoms with Gasteiger partial charge in [-0.25, -0.2) is 4.98 Å². The minimum absolute atomic E-state index is 0.101. The van der Waals surface area contributed by atoms with E-state index >= 15 is 0 Å². The van der Waals surface area contributed by atoms with Crippen LogP contribution in [0.2, 0.25) is 0 Å². The standard InChI is InChI=1S/C14H21N3O3/c1-17-9-8-15-11(12(17)18)16-13(19)14(7-10-20-2)5-3-4-6-14/h8-9H,3-7,10H2,1-2H3,(H,15,16,19). The lowest BCUT2D eigenvalue weighted by molar-refractivity contribution is -0.126. The van der Waals surface area contributed by atoms with Gasteiger partial charge in [0, 0.05) is 33.2 Å². The topological polar surface area (TPSA) is 73.2 Å². The van der Waals surface area contributed by atoms with Crippen LogP contribution in [0.15, 0.2) is 17.2 Å². The Kier molecular flexibility index (Phi) is 4.54. The Bertz CT molecular complexity index is 533. The number of carbonyl (C=O) groups excluding carboxylic acids is 1. The van der Waals surface area contributed by atoms with Crippen LogP contribution < -0.4 is 10.9 Å². The molecule has 1 amide bonds. The number of hydrogen-bond acceptors (Lipinski definition) is 4. The molecule has 6 heteroatoms. The predicted molar refractivity (Wildman–Crippen MR) is 75.5 cm³/mol. The molecule has 0 saturated heterocycles. The molecular formula is C14H21N3O3. The van der Waals surface area contributed by atoms with Crippen LogP contribution in [0, 0.1) is 5.41 Å². The van der Waals surface area contributed by atoms with Crippen molar-refractivity contribution in [2.45, 2.75) is 32.1 Å². The number of ether oxygens (including phenoxy) is 1. The van der Waals surface area contributed by atoms with Gasteiger partial charge < -0.3 is 14.6 Å². The van der Waals surface area contributed by atoms with Crippen molar-refractivity contribution < 1.29 is 9.53 Å². The third-order valence-corrected chi connectivity index (χ3v) is 4.08. The third kappa shape index (κ3) is 2.90. The van der Waals surface area contributed by atoms with Crippen molar-refractivity contribution in [1.82, 2.24) is 9.55 Å². The van der Waals surface area contributed by atoms with E-state index in [9.17, 15) is 9.59 Å². The first-order valence-electron chi connectivity index (χ1n) is 6.91. The molecule has 0 unspecified atom stereocenters. The fourth-order valence-electron chi connectivity index (χ4n) is 2.76. The molecular weight excluding hydrogens is 258 g/mol. The fraction of sp³-hybridized carbons (Fsp3) is 0.643. The lowest BCUT2D eigenvalue weighted by Gasteiger charge is -2.26. The molecule has 1 fully saturated rings. The van der Waals surface area contributed by atoms with Gasteiger partial charge in [-0.15, -0.1) is 0 Å². The Hall–Kier alpha value is -1.69. The molecule has 2 rings (SSSR count). The van der Waals surface area contributed by atoms with Gasteiger partial charge in [-0.3, -0.25) is 9.59 Å². The number of rotatable bonds is 5. The van der Waals surface area contributed by atoms with E-state index in [1.807, 2.05) is 0 Å². The van der Waals surface area contributed by atoms with E-state index in [-0.39, 0.29) is 17.3 Å². The van der Waals surface area contributed by atoms with E-state index in [1.54, 1.807) is 20.4 Å². The summed E-state index contributed by atoms with van der Waals surface area (Å²) in [5, 5.41) is 2.70. The number of anilines is 1. The fourth-order valence-corrected chi connectivity index (χ4v) is 2.76. The molecule has 1 saturated carbocycles. The zero-order chi connectivity index (χ0) is 14.6. The quantitative estimate of drug-likeness (QED) is 0.882. The maximum Gasteiger partial charge on any atom is 0.293 e. The summed E-state index contributed by atoms with van der Waals surface area (Å²) in [7, 11) is 3.27. The van der Waals surface area contributed by atoms with Crippen LogP contribution in [0.5, 0.6) is 0 Å². The monoisotopic (exact) mass is 279 g/mol. The molecule has 0 aliphatic heterocycles. The average molecular weight is 279 g/mol. The lowest BCUT2D eigenvalue weighted by Crippen LogP contribution is -2.37. The molecule has 1 aliphatic rings. The normalized spacial score (nSPS) is 17.1. The third-order valence-electron chi connectivity index (χ3n) is 4.08. The maximum absolute atomic E-state index is 12.6. The molecule has 6 nitrogen and oxygen atoms in total. The van der Waals surface area contributed by atoms with Crippen LogP contribution in [0.1, 0.15) is 32.1 Å². The number of aromatic nitrogens is 2. The number of hydrogen-bond donors (Lipinski definition) is 1. The van der Waals surface area contributed by atoms with Crippen LogP contribution in [0.25, 0.3) is 0 Å². The zero-order valence-electron chi connectivity index (χ0n) is 12.0. The van der Waals surface area contributed by atoms with Gasteiger partial charge in [-0.2, -0.15) is 0 Å². The second-order valence-corrected chi connectivity index (χ2v) is 5.38. The lowest BCUT2D eigenvalue weighted by atomic mass is 9.82. The van der Waals surface area contributed by atoms with E-state index in [0.29, 0.717) is 13.0 Å². The summed E-state index contributed by atoms with van der Waals surface area (Å²) in [6, 6.07) is 0. The van der Waals surface area contributed by atoms with Gasteiger partial charge >= 0.3 is 0 Å². The first-order chi connectivity index (χ1) is 9.59. The van der Waals surface area contributed by atoms with Gasteiger partial charge in [0.1, 0.15) is 0 Å². The van der Waals surface area contributed by atoms with Crippen LogP contribution in [-0.2, 0) is 16.6 Å². The molecule has 0 aromatic carbocycles. The van der Waals surface area contributed by atoms with Gasteiger partial charge in [0.15, 0.2) is 5.82 Å². The number of nitrogens with zero attached hydrogens (tertiary/aromatic N) is 2. The molecule has 0 spiro atoms. The van der Waals surface area contributed by atoms with Crippen LogP contribution >= 0.6 is 0 Å². The first kappa shape index (κ1) is 14.7. The van der Waals surface area contributed by atoms with Crippen LogP contribution in [0.3, 0.4) is 0 Å². The molecule has 20 heavy (non-hydrogen) atoms. The van der Waals surface area contributed by atoms with E-state index < -0.39 is 5.41 Å². The molecule has 1 aromatic rings. The second-order valence-electron chi connectivity index (χ2n) is 5.38. The predicted octanol–water partition coefficient (Wildman–Crippen LogP) is 1.32. The van der Waals surface area contributed by atoms with Gasteiger partial charge in [0.05, 0.1) is 5.41 Å². The van der Waals surface area contributed by atoms with Crippen molar-refractivity contribution in [2.75, 3.05) is 19.0 Å². The Labute approximate surface area is 118 Å². The summed E-state index contributed by atoms with van der Waals surface area (Å²) in [5.41, 5.74) is -0.709. The minimum atomic E-state index is -0.418. The van der Waals surface area contributed by atoms with Gasteiger partial charge in [-0.05, 0) is 19.3 Å². The van der Waals surface area contributed by atoms with Gasteiger partial charge in [0.25, 0.3) is 5.56 Å². The van der Waals surface area contributed by atoms with Crippen LogP contribution in [0.4, 0.5) is 5.82 Å². The van der Waals surface area contributed by atoms with Crippen LogP contribution in [-0.4, -0.2) is 29.2 Å². The van der Waals surface area contributed by atoms with Gasteiger partial charge in [-0.1, -0.05) is 12.8 Å². The highest BCUT2D eigenvalue weighted by molar-refractivity contribution is 5.94. The molecule has 0 bridgehead atoms. The summed E-state index contributed by atoms with van der Waals surface area (Å²) in [6.07, 6.45) is 7.52. The van der Waals surface area contributed by atoms with Crippen molar-refractivity contribution in [3.05, 3.63) is 22.7 Å². The van der Waals surface area contributed by atoms with Gasteiger partial charge in [0.2, 0.25) is 5.91 Å². The van der Waals surface area contributed by atoms with E-state index in [0.717, 1.165) is 25.7 Å². The van der Waals surface area contributed by atoms with E-state index in [4.69, 9.17) is 4.74 Å². The van der Waals surface area contributed by atoms with Crippen molar-refractivity contribution >= 4 is 11.7 Å². The molecule has 110 valence electrons. The zero-order valence-corrected chi connectivity index (χ0v) is 12.0. The highest BCUT2D eigenvalue weighted by Gasteiger charge is 2.41. The first-order valence-corrected chi connectivity index (χ1v) is 6.91. The summed E-state index contributed by atoms with van der Waals surface area (Å²) in [4.78, 5) is 28.4. The number of nitrogens with one attached hydrogen (secondary N) is 1. The number of carbonyl (C=O) groups is 1. The van der Waals surface area contributed by atoms with Crippen molar-refractivity contribution in [2.24, 2.45) is 12.5 Å². The largest absolute Gasteiger partial charge is 0.385 e. The Morgan fingerprint density at radius 2 is 2.20 bits per heavy atom. The number of amides is 1. The molecule has 1 N–H and O–H groups in total. The average Bonchev–Trinajstić information content (AvgIpc) is 2.92. The highest BCUT2D eigenvalue weighted by Crippen LogP contribution is 2.41. The molecule has 1 aliphatic carbocycles. The SMILES string of the molecule is COCCC1(C(=O)Nc2nccn(C)c2=O)CCCC1.